The van der Waals surface area contributed by atoms with Crippen LogP contribution in [0.1, 0.15) is 35.7 Å². The van der Waals surface area contributed by atoms with Crippen LogP contribution < -0.4 is 0 Å². The number of piperidine rings is 1. The van der Waals surface area contributed by atoms with Gasteiger partial charge in [0, 0.05) is 25.3 Å². The number of phenols is 1. The molecule has 0 saturated carbocycles. The number of likely N-dealkylation sites (tertiary alicyclic amines) is 1. The number of amides is 1. The normalized spacial score (nSPS) is 19.5. The number of aromatic hydroxyl groups is 1. The Morgan fingerprint density at radius 1 is 1.53 bits per heavy atom. The van der Waals surface area contributed by atoms with Crippen molar-refractivity contribution in [2.45, 2.75) is 32.8 Å². The van der Waals surface area contributed by atoms with E-state index in [1.165, 1.54) is 0 Å². The number of carbonyl (C=O) groups is 1. The van der Waals surface area contributed by atoms with Crippen molar-refractivity contribution in [3.8, 4) is 5.75 Å². The van der Waals surface area contributed by atoms with E-state index >= 15 is 0 Å². The van der Waals surface area contributed by atoms with Crippen LogP contribution in [-0.4, -0.2) is 41.7 Å². The minimum Gasteiger partial charge on any atom is -0.508 e. The van der Waals surface area contributed by atoms with Crippen LogP contribution in [0.25, 0.3) is 0 Å². The summed E-state index contributed by atoms with van der Waals surface area (Å²) >= 11 is 0. The molecule has 0 aliphatic carbocycles. The third-order valence-corrected chi connectivity index (χ3v) is 3.51. The number of rotatable bonds is 3. The van der Waals surface area contributed by atoms with Crippen molar-refractivity contribution < 1.29 is 14.6 Å². The van der Waals surface area contributed by atoms with Crippen molar-refractivity contribution in [1.29, 1.82) is 0 Å². The first-order chi connectivity index (χ1) is 9.11. The molecule has 1 N–H and O–H groups in total. The van der Waals surface area contributed by atoms with E-state index in [9.17, 15) is 9.90 Å². The maximum absolute atomic E-state index is 12.4. The van der Waals surface area contributed by atoms with Crippen LogP contribution >= 0.6 is 0 Å². The number of carbonyl (C=O) groups excluding carboxylic acids is 1. The van der Waals surface area contributed by atoms with Gasteiger partial charge in [-0.3, -0.25) is 4.79 Å². The molecule has 4 nitrogen and oxygen atoms in total. The Morgan fingerprint density at radius 2 is 2.32 bits per heavy atom. The molecule has 1 aliphatic heterocycles. The van der Waals surface area contributed by atoms with Crippen LogP contribution in [0, 0.1) is 6.92 Å². The molecule has 1 heterocycles. The van der Waals surface area contributed by atoms with Gasteiger partial charge in [0.1, 0.15) is 5.75 Å². The monoisotopic (exact) mass is 263 g/mol. The summed E-state index contributed by atoms with van der Waals surface area (Å²) in [4.78, 5) is 14.2. The first kappa shape index (κ1) is 13.9. The molecule has 1 unspecified atom stereocenters. The number of aryl methyl sites for hydroxylation is 1. The van der Waals surface area contributed by atoms with Gasteiger partial charge in [0.15, 0.2) is 0 Å². The number of ether oxygens (including phenoxy) is 1. The number of nitrogens with zero attached hydrogens (tertiary/aromatic N) is 1. The molecule has 19 heavy (non-hydrogen) atoms. The lowest BCUT2D eigenvalue weighted by Crippen LogP contribution is -2.43. The molecule has 1 aliphatic rings. The van der Waals surface area contributed by atoms with Gasteiger partial charge in [-0.05, 0) is 50.5 Å². The van der Waals surface area contributed by atoms with Crippen molar-refractivity contribution >= 4 is 5.91 Å². The summed E-state index contributed by atoms with van der Waals surface area (Å²) in [6.07, 6.45) is 2.15. The minimum absolute atomic E-state index is 0.0208. The van der Waals surface area contributed by atoms with E-state index < -0.39 is 0 Å². The molecule has 0 radical (unpaired) electrons. The van der Waals surface area contributed by atoms with E-state index in [1.54, 1.807) is 25.1 Å². The summed E-state index contributed by atoms with van der Waals surface area (Å²) in [6, 6.07) is 4.99. The Labute approximate surface area is 114 Å². The number of hydrogen-bond acceptors (Lipinski definition) is 3. The molecule has 1 aromatic carbocycles. The van der Waals surface area contributed by atoms with E-state index in [4.69, 9.17) is 4.74 Å². The fourth-order valence-electron chi connectivity index (χ4n) is 2.47. The second-order valence-corrected chi connectivity index (χ2v) is 4.97. The lowest BCUT2D eigenvalue weighted by Gasteiger charge is -2.32. The van der Waals surface area contributed by atoms with Gasteiger partial charge in [0.2, 0.25) is 0 Å². The largest absolute Gasteiger partial charge is 0.508 e. The quantitative estimate of drug-likeness (QED) is 0.910. The van der Waals surface area contributed by atoms with Gasteiger partial charge in [-0.15, -0.1) is 0 Å². The molecule has 0 aromatic heterocycles. The SMILES string of the molecule is CCOC1CCCN(C(=O)c2ccc(O)c(C)c2)C1. The molecule has 1 atom stereocenters. The molecule has 104 valence electrons. The van der Waals surface area contributed by atoms with Crippen LogP contribution in [0.2, 0.25) is 0 Å². The highest BCUT2D eigenvalue weighted by Gasteiger charge is 2.24. The first-order valence-corrected chi connectivity index (χ1v) is 6.82. The summed E-state index contributed by atoms with van der Waals surface area (Å²) in [6.45, 7) is 5.90. The van der Waals surface area contributed by atoms with E-state index in [1.807, 2.05) is 11.8 Å². The number of phenolic OH excluding ortho intramolecular Hbond substituents is 1. The van der Waals surface area contributed by atoms with Crippen molar-refractivity contribution in [1.82, 2.24) is 4.90 Å². The summed E-state index contributed by atoms with van der Waals surface area (Å²) in [5.74, 6) is 0.245. The summed E-state index contributed by atoms with van der Waals surface area (Å²) < 4.78 is 5.61. The standard InChI is InChI=1S/C15H21NO3/c1-3-19-13-5-4-8-16(10-13)15(18)12-6-7-14(17)11(2)9-12/h6-7,9,13,17H,3-5,8,10H2,1-2H3. The smallest absolute Gasteiger partial charge is 0.253 e. The third kappa shape index (κ3) is 3.26. The predicted octanol–water partition coefficient (Wildman–Crippen LogP) is 2.34. The molecule has 1 fully saturated rings. The molecule has 1 saturated heterocycles. The Morgan fingerprint density at radius 3 is 3.00 bits per heavy atom. The van der Waals surface area contributed by atoms with Crippen LogP contribution in [0.3, 0.4) is 0 Å². The highest BCUT2D eigenvalue weighted by molar-refractivity contribution is 5.94. The maximum atomic E-state index is 12.4. The average molecular weight is 263 g/mol. The van der Waals surface area contributed by atoms with Gasteiger partial charge in [-0.1, -0.05) is 0 Å². The summed E-state index contributed by atoms with van der Waals surface area (Å²) in [7, 11) is 0. The number of hydrogen-bond donors (Lipinski definition) is 1. The lowest BCUT2D eigenvalue weighted by atomic mass is 10.1. The van der Waals surface area contributed by atoms with Gasteiger partial charge < -0.3 is 14.7 Å². The van der Waals surface area contributed by atoms with Gasteiger partial charge in [0.05, 0.1) is 6.10 Å². The van der Waals surface area contributed by atoms with E-state index in [2.05, 4.69) is 0 Å². The Kier molecular flexibility index (Phi) is 4.43. The average Bonchev–Trinajstić information content (AvgIpc) is 2.42. The zero-order valence-corrected chi connectivity index (χ0v) is 11.6. The Hall–Kier alpha value is -1.55. The fourth-order valence-corrected chi connectivity index (χ4v) is 2.47. The molecule has 1 amide bonds. The second kappa shape index (κ2) is 6.06. The van der Waals surface area contributed by atoms with Crippen LogP contribution in [0.15, 0.2) is 18.2 Å². The molecular weight excluding hydrogens is 242 g/mol. The molecule has 2 rings (SSSR count). The van der Waals surface area contributed by atoms with Gasteiger partial charge >= 0.3 is 0 Å². The maximum Gasteiger partial charge on any atom is 0.253 e. The first-order valence-electron chi connectivity index (χ1n) is 6.82. The predicted molar refractivity (Wildman–Crippen MR) is 73.4 cm³/mol. The van der Waals surface area contributed by atoms with Gasteiger partial charge in [-0.25, -0.2) is 0 Å². The van der Waals surface area contributed by atoms with Gasteiger partial charge in [-0.2, -0.15) is 0 Å². The molecular formula is C15H21NO3. The highest BCUT2D eigenvalue weighted by Crippen LogP contribution is 2.20. The summed E-state index contributed by atoms with van der Waals surface area (Å²) in [5.41, 5.74) is 1.36. The zero-order valence-electron chi connectivity index (χ0n) is 11.6. The van der Waals surface area contributed by atoms with E-state index in [0.29, 0.717) is 18.7 Å². The molecule has 1 aromatic rings. The van der Waals surface area contributed by atoms with Crippen molar-refractivity contribution in [3.63, 3.8) is 0 Å². The van der Waals surface area contributed by atoms with E-state index in [0.717, 1.165) is 24.9 Å². The summed E-state index contributed by atoms with van der Waals surface area (Å²) in [5, 5.41) is 9.50. The van der Waals surface area contributed by atoms with Crippen LogP contribution in [0.4, 0.5) is 0 Å². The molecule has 0 spiro atoms. The van der Waals surface area contributed by atoms with Crippen molar-refractivity contribution in [3.05, 3.63) is 29.3 Å². The van der Waals surface area contributed by atoms with Crippen molar-refractivity contribution in [2.75, 3.05) is 19.7 Å². The zero-order chi connectivity index (χ0) is 13.8. The third-order valence-electron chi connectivity index (χ3n) is 3.51. The van der Waals surface area contributed by atoms with Crippen LogP contribution in [-0.2, 0) is 4.74 Å². The number of benzene rings is 1. The molecule has 0 bridgehead atoms. The Balaban J connectivity index is 2.08. The highest BCUT2D eigenvalue weighted by atomic mass is 16.5. The second-order valence-electron chi connectivity index (χ2n) is 4.97. The Bertz CT molecular complexity index is 457. The molecule has 4 heteroatoms. The topological polar surface area (TPSA) is 49.8 Å². The fraction of sp³-hybridized carbons (Fsp3) is 0.533. The van der Waals surface area contributed by atoms with Crippen LogP contribution in [0.5, 0.6) is 5.75 Å². The lowest BCUT2D eigenvalue weighted by molar-refractivity contribution is 0.00724. The van der Waals surface area contributed by atoms with Gasteiger partial charge in [0.25, 0.3) is 5.91 Å². The minimum atomic E-state index is 0.0208. The van der Waals surface area contributed by atoms with Crippen molar-refractivity contribution in [2.24, 2.45) is 0 Å². The van der Waals surface area contributed by atoms with E-state index in [-0.39, 0.29) is 17.8 Å².